The maximum Gasteiger partial charge on any atom is 0.110 e. The fraction of sp³-hybridized carbons (Fsp3) is 0.588. The first-order chi connectivity index (χ1) is 10.2. The first-order valence-electron chi connectivity index (χ1n) is 8.04. The summed E-state index contributed by atoms with van der Waals surface area (Å²) in [5.41, 5.74) is 2.22. The molecule has 2 heterocycles. The van der Waals surface area contributed by atoms with Gasteiger partial charge in [0.15, 0.2) is 0 Å². The van der Waals surface area contributed by atoms with Crippen molar-refractivity contribution in [1.82, 2.24) is 14.9 Å². The summed E-state index contributed by atoms with van der Waals surface area (Å²) in [5, 5.41) is 4.28. The van der Waals surface area contributed by atoms with E-state index in [1.165, 1.54) is 30.7 Å². The zero-order valence-electron chi connectivity index (χ0n) is 12.9. The standard InChI is InChI=1S/C17H24ClN3/c1-3-21-16-7-6-14(18)10-15(16)20-17(21)9-12(2)13-5-4-8-19-11-13/h6-7,10,12-13,19H,3-5,8-9,11H2,1-2H3. The SMILES string of the molecule is CCn1c(CC(C)C2CCCNC2)nc2cc(Cl)ccc21. The van der Waals surface area contributed by atoms with Crippen LogP contribution in [0.3, 0.4) is 0 Å². The lowest BCUT2D eigenvalue weighted by atomic mass is 9.85. The van der Waals surface area contributed by atoms with Crippen LogP contribution in [0.1, 0.15) is 32.5 Å². The van der Waals surface area contributed by atoms with Crippen molar-refractivity contribution in [2.75, 3.05) is 13.1 Å². The zero-order valence-corrected chi connectivity index (χ0v) is 13.7. The molecule has 1 aliphatic heterocycles. The van der Waals surface area contributed by atoms with E-state index in [2.05, 4.69) is 29.8 Å². The molecule has 1 N–H and O–H groups in total. The number of hydrogen-bond acceptors (Lipinski definition) is 2. The Hall–Kier alpha value is -1.06. The zero-order chi connectivity index (χ0) is 14.8. The van der Waals surface area contributed by atoms with Crippen LogP contribution in [0.5, 0.6) is 0 Å². The van der Waals surface area contributed by atoms with Gasteiger partial charge in [-0.05, 0) is 62.9 Å². The lowest BCUT2D eigenvalue weighted by molar-refractivity contribution is 0.274. The number of imidazole rings is 1. The van der Waals surface area contributed by atoms with E-state index in [1.54, 1.807) is 0 Å². The summed E-state index contributed by atoms with van der Waals surface area (Å²) in [6.07, 6.45) is 3.69. The van der Waals surface area contributed by atoms with Gasteiger partial charge in [-0.3, -0.25) is 0 Å². The van der Waals surface area contributed by atoms with Crippen molar-refractivity contribution in [3.05, 3.63) is 29.0 Å². The summed E-state index contributed by atoms with van der Waals surface area (Å²) in [6.45, 7) is 7.84. The third-order valence-corrected chi connectivity index (χ3v) is 4.98. The molecule has 21 heavy (non-hydrogen) atoms. The van der Waals surface area contributed by atoms with E-state index in [4.69, 9.17) is 16.6 Å². The van der Waals surface area contributed by atoms with Crippen LogP contribution in [-0.2, 0) is 13.0 Å². The minimum atomic E-state index is 0.662. The summed E-state index contributed by atoms with van der Waals surface area (Å²) < 4.78 is 2.33. The molecule has 1 fully saturated rings. The molecule has 1 aliphatic rings. The Morgan fingerprint density at radius 2 is 2.33 bits per heavy atom. The summed E-state index contributed by atoms with van der Waals surface area (Å²) in [4.78, 5) is 4.84. The quantitative estimate of drug-likeness (QED) is 0.929. The first-order valence-corrected chi connectivity index (χ1v) is 8.42. The predicted octanol–water partition coefficient (Wildman–Crippen LogP) is 3.89. The van der Waals surface area contributed by atoms with E-state index in [9.17, 15) is 0 Å². The van der Waals surface area contributed by atoms with Crippen LogP contribution in [0.15, 0.2) is 18.2 Å². The number of nitrogens with one attached hydrogen (secondary N) is 1. The summed E-state index contributed by atoms with van der Waals surface area (Å²) >= 11 is 6.09. The third-order valence-electron chi connectivity index (χ3n) is 4.75. The van der Waals surface area contributed by atoms with Gasteiger partial charge in [-0.1, -0.05) is 18.5 Å². The molecule has 114 valence electrons. The van der Waals surface area contributed by atoms with Crippen LogP contribution in [-0.4, -0.2) is 22.6 Å². The molecule has 3 nitrogen and oxygen atoms in total. The van der Waals surface area contributed by atoms with Crippen LogP contribution in [0.2, 0.25) is 5.02 Å². The van der Waals surface area contributed by atoms with Crippen LogP contribution < -0.4 is 5.32 Å². The minimum absolute atomic E-state index is 0.662. The minimum Gasteiger partial charge on any atom is -0.328 e. The van der Waals surface area contributed by atoms with Gasteiger partial charge < -0.3 is 9.88 Å². The Kier molecular flexibility index (Phi) is 4.51. The van der Waals surface area contributed by atoms with Crippen molar-refractivity contribution in [1.29, 1.82) is 0 Å². The number of halogens is 1. The van der Waals surface area contributed by atoms with Crippen LogP contribution in [0, 0.1) is 11.8 Å². The van der Waals surface area contributed by atoms with Gasteiger partial charge in [-0.2, -0.15) is 0 Å². The molecule has 0 saturated carbocycles. The maximum atomic E-state index is 6.09. The number of nitrogens with zero attached hydrogens (tertiary/aromatic N) is 2. The largest absolute Gasteiger partial charge is 0.328 e. The molecular weight excluding hydrogens is 282 g/mol. The second kappa shape index (κ2) is 6.37. The van der Waals surface area contributed by atoms with Crippen molar-refractivity contribution in [2.45, 2.75) is 39.7 Å². The lowest BCUT2D eigenvalue weighted by Crippen LogP contribution is -2.34. The summed E-state index contributed by atoms with van der Waals surface area (Å²) in [7, 11) is 0. The van der Waals surface area contributed by atoms with Crippen molar-refractivity contribution in [3.63, 3.8) is 0 Å². The van der Waals surface area contributed by atoms with E-state index >= 15 is 0 Å². The van der Waals surface area contributed by atoms with Crippen molar-refractivity contribution in [3.8, 4) is 0 Å². The Bertz CT molecular complexity index is 614. The topological polar surface area (TPSA) is 29.9 Å². The van der Waals surface area contributed by atoms with Gasteiger partial charge in [-0.25, -0.2) is 4.98 Å². The van der Waals surface area contributed by atoms with Crippen LogP contribution >= 0.6 is 11.6 Å². The number of aromatic nitrogens is 2. The van der Waals surface area contributed by atoms with E-state index in [1.807, 2.05) is 12.1 Å². The molecule has 0 spiro atoms. The molecule has 1 aromatic heterocycles. The van der Waals surface area contributed by atoms with Crippen LogP contribution in [0.4, 0.5) is 0 Å². The van der Waals surface area contributed by atoms with E-state index in [0.29, 0.717) is 5.92 Å². The molecular formula is C17H24ClN3. The van der Waals surface area contributed by atoms with Crippen molar-refractivity contribution in [2.24, 2.45) is 11.8 Å². The maximum absolute atomic E-state index is 6.09. The molecule has 0 aliphatic carbocycles. The molecule has 2 aromatic rings. The van der Waals surface area contributed by atoms with Crippen molar-refractivity contribution >= 4 is 22.6 Å². The molecule has 4 heteroatoms. The summed E-state index contributed by atoms with van der Waals surface area (Å²) in [5.74, 6) is 2.63. The fourth-order valence-electron chi connectivity index (χ4n) is 3.48. The third kappa shape index (κ3) is 3.09. The number of aryl methyl sites for hydroxylation is 1. The highest BCUT2D eigenvalue weighted by atomic mass is 35.5. The molecule has 0 bridgehead atoms. The smallest absolute Gasteiger partial charge is 0.110 e. The molecule has 3 rings (SSSR count). The van der Waals surface area contributed by atoms with Gasteiger partial charge in [0.2, 0.25) is 0 Å². The molecule has 1 saturated heterocycles. The normalized spacial score (nSPS) is 20.8. The highest BCUT2D eigenvalue weighted by Crippen LogP contribution is 2.26. The number of hydrogen-bond donors (Lipinski definition) is 1. The number of fused-ring (bicyclic) bond motifs is 1. The van der Waals surface area contributed by atoms with Gasteiger partial charge in [0, 0.05) is 18.0 Å². The van der Waals surface area contributed by atoms with Crippen LogP contribution in [0.25, 0.3) is 11.0 Å². The van der Waals surface area contributed by atoms with Gasteiger partial charge in [0.1, 0.15) is 5.82 Å². The average Bonchev–Trinajstić information content (AvgIpc) is 2.84. The number of rotatable bonds is 4. The van der Waals surface area contributed by atoms with Gasteiger partial charge in [0.05, 0.1) is 11.0 Å². The monoisotopic (exact) mass is 305 g/mol. The van der Waals surface area contributed by atoms with Gasteiger partial charge in [-0.15, -0.1) is 0 Å². The molecule has 0 amide bonds. The molecule has 0 radical (unpaired) electrons. The predicted molar refractivity (Wildman–Crippen MR) is 88.9 cm³/mol. The lowest BCUT2D eigenvalue weighted by Gasteiger charge is -2.28. The number of benzene rings is 1. The van der Waals surface area contributed by atoms with Gasteiger partial charge >= 0.3 is 0 Å². The second-order valence-electron chi connectivity index (χ2n) is 6.19. The number of piperidine rings is 1. The van der Waals surface area contributed by atoms with E-state index < -0.39 is 0 Å². The first kappa shape index (κ1) is 14.9. The Morgan fingerprint density at radius 3 is 3.05 bits per heavy atom. The Morgan fingerprint density at radius 1 is 1.48 bits per heavy atom. The fourth-order valence-corrected chi connectivity index (χ4v) is 3.65. The van der Waals surface area contributed by atoms with Crippen molar-refractivity contribution < 1.29 is 0 Å². The molecule has 2 atom stereocenters. The highest BCUT2D eigenvalue weighted by Gasteiger charge is 2.22. The average molecular weight is 306 g/mol. The van der Waals surface area contributed by atoms with Gasteiger partial charge in [0.25, 0.3) is 0 Å². The molecule has 2 unspecified atom stereocenters. The summed E-state index contributed by atoms with van der Waals surface area (Å²) in [6, 6.07) is 6.01. The Labute approximate surface area is 131 Å². The highest BCUT2D eigenvalue weighted by molar-refractivity contribution is 6.31. The Balaban J connectivity index is 1.85. The second-order valence-corrected chi connectivity index (χ2v) is 6.63. The van der Waals surface area contributed by atoms with E-state index in [-0.39, 0.29) is 0 Å². The van der Waals surface area contributed by atoms with E-state index in [0.717, 1.165) is 36.0 Å². The molecule has 1 aromatic carbocycles.